The fourth-order valence-corrected chi connectivity index (χ4v) is 3.75. The van der Waals surface area contributed by atoms with Crippen molar-refractivity contribution in [2.45, 2.75) is 19.1 Å². The van der Waals surface area contributed by atoms with E-state index in [0.29, 0.717) is 24.6 Å². The second-order valence-corrected chi connectivity index (χ2v) is 7.42. The third-order valence-corrected chi connectivity index (χ3v) is 5.55. The Labute approximate surface area is 170 Å². The van der Waals surface area contributed by atoms with Crippen LogP contribution in [-0.2, 0) is 9.59 Å². The fraction of sp³-hybridized carbons (Fsp3) is 0.364. The molecule has 2 aromatic rings. The smallest absolute Gasteiger partial charge is 0.282 e. The Hall–Kier alpha value is -3.06. The molecular formula is C22H26N3O4+. The minimum atomic E-state index is -0.620. The summed E-state index contributed by atoms with van der Waals surface area (Å²) in [6.45, 7) is 4.79. The van der Waals surface area contributed by atoms with Crippen molar-refractivity contribution in [3.05, 3.63) is 54.6 Å². The molecule has 0 aliphatic carbocycles. The van der Waals surface area contributed by atoms with Gasteiger partial charge in [0, 0.05) is 5.69 Å². The van der Waals surface area contributed by atoms with Crippen molar-refractivity contribution in [2.75, 3.05) is 38.1 Å². The first-order valence-electron chi connectivity index (χ1n) is 9.99. The number of nitrogens with one attached hydrogen (secondary N) is 2. The maximum Gasteiger partial charge on any atom is 0.282 e. The van der Waals surface area contributed by atoms with Crippen LogP contribution < -0.4 is 19.7 Å². The molecule has 7 heteroatoms. The Morgan fingerprint density at radius 3 is 2.41 bits per heavy atom. The summed E-state index contributed by atoms with van der Waals surface area (Å²) in [6, 6.07) is 16.7. The van der Waals surface area contributed by atoms with Gasteiger partial charge in [-0.25, -0.2) is 0 Å². The van der Waals surface area contributed by atoms with Crippen LogP contribution in [0.5, 0.6) is 11.5 Å². The molecule has 1 saturated heterocycles. The fourth-order valence-electron chi connectivity index (χ4n) is 3.75. The van der Waals surface area contributed by atoms with Crippen LogP contribution in [0.2, 0.25) is 0 Å². The Kier molecular flexibility index (Phi) is 5.67. The van der Waals surface area contributed by atoms with Crippen LogP contribution in [0.15, 0.2) is 54.6 Å². The largest absolute Gasteiger partial charge is 0.485 e. The highest BCUT2D eigenvalue weighted by atomic mass is 16.6. The van der Waals surface area contributed by atoms with Gasteiger partial charge in [-0.3, -0.25) is 9.59 Å². The molecule has 0 aromatic heterocycles. The third-order valence-electron chi connectivity index (χ3n) is 5.55. The molecule has 0 unspecified atom stereocenters. The molecule has 0 spiro atoms. The van der Waals surface area contributed by atoms with Gasteiger partial charge in [0.2, 0.25) is 6.10 Å². The number of anilines is 1. The van der Waals surface area contributed by atoms with Crippen LogP contribution in [-0.4, -0.2) is 61.6 Å². The van der Waals surface area contributed by atoms with Crippen molar-refractivity contribution < 1.29 is 24.0 Å². The van der Waals surface area contributed by atoms with Crippen molar-refractivity contribution in [1.82, 2.24) is 4.90 Å². The lowest BCUT2D eigenvalue weighted by Crippen LogP contribution is -3.19. The van der Waals surface area contributed by atoms with Gasteiger partial charge < -0.3 is 24.6 Å². The van der Waals surface area contributed by atoms with Crippen molar-refractivity contribution >= 4 is 17.5 Å². The van der Waals surface area contributed by atoms with E-state index in [1.54, 1.807) is 0 Å². The molecule has 1 fully saturated rings. The summed E-state index contributed by atoms with van der Waals surface area (Å²) in [4.78, 5) is 28.4. The number of hydrogen-bond donors (Lipinski definition) is 2. The van der Waals surface area contributed by atoms with Crippen molar-refractivity contribution in [1.29, 1.82) is 0 Å². The van der Waals surface area contributed by atoms with E-state index in [1.165, 1.54) is 4.90 Å². The average molecular weight is 396 g/mol. The number of para-hydroxylation sites is 3. The lowest BCUT2D eigenvalue weighted by atomic mass is 10.2. The highest BCUT2D eigenvalue weighted by molar-refractivity contribution is 5.93. The molecule has 152 valence electrons. The summed E-state index contributed by atoms with van der Waals surface area (Å²) in [5, 5.41) is 2.96. The average Bonchev–Trinajstić information content (AvgIpc) is 2.78. The number of carbonyl (C=O) groups excluding carboxylic acids is 2. The number of fused-ring (bicyclic) bond motifs is 1. The molecule has 2 aliphatic rings. The lowest BCUT2D eigenvalue weighted by molar-refractivity contribution is -0.917. The Morgan fingerprint density at radius 2 is 1.69 bits per heavy atom. The van der Waals surface area contributed by atoms with Crippen LogP contribution >= 0.6 is 0 Å². The van der Waals surface area contributed by atoms with Gasteiger partial charge in [-0.2, -0.15) is 0 Å². The third kappa shape index (κ3) is 4.35. The lowest BCUT2D eigenvalue weighted by Gasteiger charge is -2.36. The van der Waals surface area contributed by atoms with Gasteiger partial charge in [0.25, 0.3) is 11.8 Å². The maximum atomic E-state index is 12.8. The zero-order chi connectivity index (χ0) is 20.2. The quantitative estimate of drug-likeness (QED) is 0.793. The van der Waals surface area contributed by atoms with E-state index in [-0.39, 0.29) is 24.5 Å². The highest BCUT2D eigenvalue weighted by Gasteiger charge is 2.35. The zero-order valence-electron chi connectivity index (χ0n) is 16.5. The van der Waals surface area contributed by atoms with Gasteiger partial charge in [0.15, 0.2) is 17.5 Å². The van der Waals surface area contributed by atoms with E-state index < -0.39 is 6.10 Å². The topological polar surface area (TPSA) is 72.3 Å². The van der Waals surface area contributed by atoms with Gasteiger partial charge in [0.1, 0.15) is 6.61 Å². The summed E-state index contributed by atoms with van der Waals surface area (Å²) in [5.41, 5.74) is 0.798. The minimum Gasteiger partial charge on any atom is -0.485 e. The number of hydrogen-bond acceptors (Lipinski definition) is 4. The van der Waals surface area contributed by atoms with Crippen molar-refractivity contribution in [3.8, 4) is 11.5 Å². The Morgan fingerprint density at radius 1 is 1.03 bits per heavy atom. The SMILES string of the molecule is C[C@@H](C(=O)Nc1ccccc1)[NH+]1CCN(C(=O)[C@H]2COc3ccccc3O2)CC1. The predicted octanol–water partition coefficient (Wildman–Crippen LogP) is 0.581. The molecule has 7 nitrogen and oxygen atoms in total. The number of benzene rings is 2. The molecule has 0 radical (unpaired) electrons. The monoisotopic (exact) mass is 396 g/mol. The van der Waals surface area contributed by atoms with E-state index in [9.17, 15) is 9.59 Å². The van der Waals surface area contributed by atoms with Crippen molar-refractivity contribution in [2.24, 2.45) is 0 Å². The van der Waals surface area contributed by atoms with Crippen LogP contribution in [0.4, 0.5) is 5.69 Å². The first-order valence-corrected chi connectivity index (χ1v) is 9.99. The second-order valence-electron chi connectivity index (χ2n) is 7.42. The van der Waals surface area contributed by atoms with Crippen LogP contribution in [0.25, 0.3) is 0 Å². The molecule has 2 aliphatic heterocycles. The summed E-state index contributed by atoms with van der Waals surface area (Å²) in [6.07, 6.45) is -0.620. The zero-order valence-corrected chi connectivity index (χ0v) is 16.5. The van der Waals surface area contributed by atoms with Gasteiger partial charge >= 0.3 is 0 Å². The number of amides is 2. The normalized spacial score (nSPS) is 20.0. The van der Waals surface area contributed by atoms with E-state index in [2.05, 4.69) is 5.32 Å². The molecule has 0 bridgehead atoms. The van der Waals surface area contributed by atoms with Crippen LogP contribution in [0.3, 0.4) is 0 Å². The molecule has 29 heavy (non-hydrogen) atoms. The summed E-state index contributed by atoms with van der Waals surface area (Å²) >= 11 is 0. The van der Waals surface area contributed by atoms with E-state index >= 15 is 0 Å². The standard InChI is InChI=1S/C22H25N3O4/c1-16(21(26)23-17-7-3-2-4-8-17)24-11-13-25(14-12-24)22(27)20-15-28-18-9-5-6-10-19(18)29-20/h2-10,16,20H,11-15H2,1H3,(H,23,26)/p+1/t16-,20+/m0/s1. The number of nitrogens with zero attached hydrogens (tertiary/aromatic N) is 1. The molecule has 0 saturated carbocycles. The van der Waals surface area contributed by atoms with Gasteiger partial charge in [-0.1, -0.05) is 30.3 Å². The summed E-state index contributed by atoms with van der Waals surface area (Å²) in [7, 11) is 0. The maximum absolute atomic E-state index is 12.8. The van der Waals surface area contributed by atoms with Gasteiger partial charge in [-0.15, -0.1) is 0 Å². The van der Waals surface area contributed by atoms with Crippen LogP contribution in [0.1, 0.15) is 6.92 Å². The molecule has 2 amide bonds. The second kappa shape index (κ2) is 8.53. The summed E-state index contributed by atoms with van der Waals surface area (Å²) in [5.74, 6) is 1.21. The predicted molar refractivity (Wildman–Crippen MR) is 108 cm³/mol. The molecule has 4 rings (SSSR count). The summed E-state index contributed by atoms with van der Waals surface area (Å²) < 4.78 is 11.5. The van der Waals surface area contributed by atoms with E-state index in [1.807, 2.05) is 66.4 Å². The van der Waals surface area contributed by atoms with Crippen LogP contribution in [0, 0.1) is 0 Å². The molecule has 2 aromatic carbocycles. The first kappa shape index (κ1) is 19.3. The van der Waals surface area contributed by atoms with Gasteiger partial charge in [0.05, 0.1) is 26.2 Å². The molecule has 2 heterocycles. The molecule has 2 N–H and O–H groups in total. The Bertz CT molecular complexity index is 865. The molecular weight excluding hydrogens is 370 g/mol. The minimum absolute atomic E-state index is 0.00778. The number of piperazine rings is 1. The van der Waals surface area contributed by atoms with E-state index in [0.717, 1.165) is 18.8 Å². The Balaban J connectivity index is 1.29. The number of ether oxygens (including phenoxy) is 2. The number of carbonyl (C=O) groups is 2. The van der Waals surface area contributed by atoms with E-state index in [4.69, 9.17) is 9.47 Å². The van der Waals surface area contributed by atoms with Crippen molar-refractivity contribution in [3.63, 3.8) is 0 Å². The van der Waals surface area contributed by atoms with Gasteiger partial charge in [-0.05, 0) is 31.2 Å². The number of quaternary nitrogens is 1. The molecule has 2 atom stereocenters. The first-order chi connectivity index (χ1) is 14.1. The highest BCUT2D eigenvalue weighted by Crippen LogP contribution is 2.31. The number of rotatable bonds is 4.